The number of aliphatic hydroxyl groups is 1. The zero-order chi connectivity index (χ0) is 13.5. The van der Waals surface area contributed by atoms with Crippen molar-refractivity contribution in [1.82, 2.24) is 0 Å². The maximum absolute atomic E-state index is 11.8. The quantitative estimate of drug-likeness (QED) is 0.803. The van der Waals surface area contributed by atoms with Crippen LogP contribution in [-0.4, -0.2) is 17.6 Å². The van der Waals surface area contributed by atoms with E-state index in [1.165, 1.54) is 0 Å². The number of anilines is 1. The molecule has 3 heteroatoms. The fraction of sp³-hybridized carbons (Fsp3) is 0.400. The summed E-state index contributed by atoms with van der Waals surface area (Å²) in [5, 5.41) is 11.6. The molecule has 96 valence electrons. The number of aryl methyl sites for hydroxylation is 1. The molecule has 0 radical (unpaired) electrons. The summed E-state index contributed by atoms with van der Waals surface area (Å²) < 4.78 is 0. The molecule has 3 nitrogen and oxygen atoms in total. The Bertz CT molecular complexity index is 483. The lowest BCUT2D eigenvalue weighted by Crippen LogP contribution is -2.20. The lowest BCUT2D eigenvalue weighted by Gasteiger charge is -2.12. The standard InChI is InChI=1S/C15H19NO2/c1-4-11(2)15(18)16-14-10-13(6-5-9-17)8-7-12(14)3/h7-8,10-11,17H,4,9H2,1-3H3,(H,16,18). The number of amides is 1. The molecule has 0 spiro atoms. The molecule has 0 aliphatic heterocycles. The molecule has 0 aromatic heterocycles. The van der Waals surface area contributed by atoms with Gasteiger partial charge in [-0.3, -0.25) is 4.79 Å². The lowest BCUT2D eigenvalue weighted by atomic mass is 10.1. The summed E-state index contributed by atoms with van der Waals surface area (Å²) in [6, 6.07) is 5.61. The summed E-state index contributed by atoms with van der Waals surface area (Å²) in [5.74, 6) is 5.44. The third-order valence-corrected chi connectivity index (χ3v) is 2.87. The highest BCUT2D eigenvalue weighted by Gasteiger charge is 2.11. The highest BCUT2D eigenvalue weighted by atomic mass is 16.2. The van der Waals surface area contributed by atoms with Crippen molar-refractivity contribution in [2.75, 3.05) is 11.9 Å². The Balaban J connectivity index is 2.91. The molecule has 0 bridgehead atoms. The van der Waals surface area contributed by atoms with Crippen LogP contribution in [0, 0.1) is 24.7 Å². The van der Waals surface area contributed by atoms with Gasteiger partial charge in [0, 0.05) is 17.2 Å². The first-order chi connectivity index (χ1) is 8.58. The lowest BCUT2D eigenvalue weighted by molar-refractivity contribution is -0.119. The number of nitrogens with one attached hydrogen (secondary N) is 1. The average Bonchev–Trinajstić information content (AvgIpc) is 2.38. The van der Waals surface area contributed by atoms with Crippen molar-refractivity contribution in [3.05, 3.63) is 29.3 Å². The first-order valence-corrected chi connectivity index (χ1v) is 6.09. The van der Waals surface area contributed by atoms with E-state index in [0.29, 0.717) is 0 Å². The molecular weight excluding hydrogens is 226 g/mol. The Kier molecular flexibility index (Phi) is 5.41. The van der Waals surface area contributed by atoms with Crippen LogP contribution in [0.2, 0.25) is 0 Å². The number of benzene rings is 1. The van der Waals surface area contributed by atoms with E-state index in [-0.39, 0.29) is 18.4 Å². The van der Waals surface area contributed by atoms with Gasteiger partial charge in [-0.15, -0.1) is 0 Å². The van der Waals surface area contributed by atoms with Crippen molar-refractivity contribution in [3.63, 3.8) is 0 Å². The molecule has 0 heterocycles. The molecule has 1 amide bonds. The summed E-state index contributed by atoms with van der Waals surface area (Å²) in [5.41, 5.74) is 2.57. The number of carbonyl (C=O) groups is 1. The molecule has 1 aromatic rings. The third-order valence-electron chi connectivity index (χ3n) is 2.87. The average molecular weight is 245 g/mol. The van der Waals surface area contributed by atoms with Crippen LogP contribution >= 0.6 is 0 Å². The van der Waals surface area contributed by atoms with Crippen LogP contribution in [0.1, 0.15) is 31.4 Å². The van der Waals surface area contributed by atoms with Gasteiger partial charge in [0.2, 0.25) is 5.91 Å². The highest BCUT2D eigenvalue weighted by molar-refractivity contribution is 5.93. The second kappa shape index (κ2) is 6.83. The second-order valence-electron chi connectivity index (χ2n) is 4.29. The Labute approximate surface area is 108 Å². The van der Waals surface area contributed by atoms with E-state index < -0.39 is 0 Å². The smallest absolute Gasteiger partial charge is 0.227 e. The molecular formula is C15H19NO2. The van der Waals surface area contributed by atoms with Gasteiger partial charge in [0.15, 0.2) is 0 Å². The van der Waals surface area contributed by atoms with Gasteiger partial charge >= 0.3 is 0 Å². The minimum atomic E-state index is -0.164. The number of hydrogen-bond donors (Lipinski definition) is 2. The van der Waals surface area contributed by atoms with Gasteiger partial charge < -0.3 is 10.4 Å². The van der Waals surface area contributed by atoms with Crippen LogP contribution in [0.15, 0.2) is 18.2 Å². The topological polar surface area (TPSA) is 49.3 Å². The predicted molar refractivity (Wildman–Crippen MR) is 73.2 cm³/mol. The number of rotatable bonds is 3. The molecule has 1 rings (SSSR count). The summed E-state index contributed by atoms with van der Waals surface area (Å²) >= 11 is 0. The van der Waals surface area contributed by atoms with Crippen molar-refractivity contribution in [2.45, 2.75) is 27.2 Å². The molecule has 0 aliphatic rings. The second-order valence-corrected chi connectivity index (χ2v) is 4.29. The summed E-state index contributed by atoms with van der Waals surface area (Å²) in [6.45, 7) is 5.66. The van der Waals surface area contributed by atoms with E-state index in [1.807, 2.05) is 39.0 Å². The van der Waals surface area contributed by atoms with Gasteiger partial charge in [0.25, 0.3) is 0 Å². The SMILES string of the molecule is CCC(C)C(=O)Nc1cc(C#CCO)ccc1C. The van der Waals surface area contributed by atoms with Crippen LogP contribution in [0.5, 0.6) is 0 Å². The van der Waals surface area contributed by atoms with Gasteiger partial charge in [-0.05, 0) is 31.0 Å². The maximum Gasteiger partial charge on any atom is 0.227 e. The maximum atomic E-state index is 11.8. The molecule has 0 saturated heterocycles. The minimum Gasteiger partial charge on any atom is -0.384 e. The van der Waals surface area contributed by atoms with Gasteiger partial charge in [-0.1, -0.05) is 31.8 Å². The molecule has 1 aromatic carbocycles. The summed E-state index contributed by atoms with van der Waals surface area (Å²) in [7, 11) is 0. The van der Waals surface area contributed by atoms with E-state index in [1.54, 1.807) is 0 Å². The normalized spacial score (nSPS) is 11.3. The molecule has 1 atom stereocenters. The fourth-order valence-corrected chi connectivity index (χ4v) is 1.42. The Hall–Kier alpha value is -1.79. The zero-order valence-electron chi connectivity index (χ0n) is 11.1. The van der Waals surface area contributed by atoms with Crippen molar-refractivity contribution in [1.29, 1.82) is 0 Å². The Morgan fingerprint density at radius 3 is 2.83 bits per heavy atom. The van der Waals surface area contributed by atoms with E-state index >= 15 is 0 Å². The molecule has 0 fully saturated rings. The van der Waals surface area contributed by atoms with Crippen molar-refractivity contribution < 1.29 is 9.90 Å². The monoisotopic (exact) mass is 245 g/mol. The molecule has 0 saturated carbocycles. The van der Waals surface area contributed by atoms with Crippen molar-refractivity contribution >= 4 is 11.6 Å². The van der Waals surface area contributed by atoms with Crippen LogP contribution in [0.4, 0.5) is 5.69 Å². The minimum absolute atomic E-state index is 0.00316. The number of carbonyl (C=O) groups excluding carboxylic acids is 1. The Morgan fingerprint density at radius 1 is 1.50 bits per heavy atom. The summed E-state index contributed by atoms with van der Waals surface area (Å²) in [6.07, 6.45) is 0.814. The van der Waals surface area contributed by atoms with E-state index in [2.05, 4.69) is 17.2 Å². The molecule has 2 N–H and O–H groups in total. The zero-order valence-corrected chi connectivity index (χ0v) is 11.1. The highest BCUT2D eigenvalue weighted by Crippen LogP contribution is 2.17. The van der Waals surface area contributed by atoms with Gasteiger partial charge in [0.05, 0.1) is 0 Å². The molecule has 0 aliphatic carbocycles. The van der Waals surface area contributed by atoms with Gasteiger partial charge in [-0.25, -0.2) is 0 Å². The summed E-state index contributed by atoms with van der Waals surface area (Å²) in [4.78, 5) is 11.8. The van der Waals surface area contributed by atoms with E-state index in [9.17, 15) is 4.79 Å². The first kappa shape index (κ1) is 14.3. The molecule has 18 heavy (non-hydrogen) atoms. The number of hydrogen-bond acceptors (Lipinski definition) is 2. The molecule has 1 unspecified atom stereocenters. The van der Waals surface area contributed by atoms with Crippen molar-refractivity contribution in [2.24, 2.45) is 5.92 Å². The predicted octanol–water partition coefficient (Wildman–Crippen LogP) is 2.32. The van der Waals surface area contributed by atoms with Crippen LogP contribution < -0.4 is 5.32 Å². The number of aliphatic hydroxyl groups excluding tert-OH is 1. The van der Waals surface area contributed by atoms with Crippen LogP contribution in [0.25, 0.3) is 0 Å². The van der Waals surface area contributed by atoms with Gasteiger partial charge in [-0.2, -0.15) is 0 Å². The fourth-order valence-electron chi connectivity index (χ4n) is 1.42. The first-order valence-electron chi connectivity index (χ1n) is 6.09. The third kappa shape index (κ3) is 3.90. The van der Waals surface area contributed by atoms with Crippen LogP contribution in [-0.2, 0) is 4.79 Å². The van der Waals surface area contributed by atoms with Crippen LogP contribution in [0.3, 0.4) is 0 Å². The van der Waals surface area contributed by atoms with Gasteiger partial charge in [0.1, 0.15) is 6.61 Å². The van der Waals surface area contributed by atoms with E-state index in [4.69, 9.17) is 5.11 Å². The van der Waals surface area contributed by atoms with Crippen molar-refractivity contribution in [3.8, 4) is 11.8 Å². The van der Waals surface area contributed by atoms with E-state index in [0.717, 1.165) is 23.2 Å². The Morgan fingerprint density at radius 2 is 2.22 bits per heavy atom. The largest absolute Gasteiger partial charge is 0.384 e.